The molecule has 3 atom stereocenters. The molecule has 2 aliphatic heterocycles. The van der Waals surface area contributed by atoms with Crippen LogP contribution in [0, 0.1) is 5.92 Å². The monoisotopic (exact) mass is 300 g/mol. The summed E-state index contributed by atoms with van der Waals surface area (Å²) in [5.41, 5.74) is 3.69. The number of hydrogen-bond acceptors (Lipinski definition) is 4. The molecular weight excluding hydrogens is 280 g/mol. The largest absolute Gasteiger partial charge is 0.508 e. The van der Waals surface area contributed by atoms with Gasteiger partial charge in [0.15, 0.2) is 5.79 Å². The van der Waals surface area contributed by atoms with Crippen molar-refractivity contribution in [3.05, 3.63) is 41.2 Å². The van der Waals surface area contributed by atoms with Crippen LogP contribution in [-0.4, -0.2) is 30.2 Å². The summed E-state index contributed by atoms with van der Waals surface area (Å²) in [6.07, 6.45) is 4.75. The smallest absolute Gasteiger partial charge is 0.194 e. The zero-order chi connectivity index (χ0) is 14.9. The maximum absolute atomic E-state index is 9.95. The van der Waals surface area contributed by atoms with Crippen LogP contribution in [0.15, 0.2) is 30.0 Å². The topological polar surface area (TPSA) is 47.9 Å². The van der Waals surface area contributed by atoms with Gasteiger partial charge < -0.3 is 19.3 Å². The Morgan fingerprint density at radius 2 is 2.00 bits per heavy atom. The third kappa shape index (κ3) is 1.45. The fourth-order valence-corrected chi connectivity index (χ4v) is 5.04. The molecule has 1 saturated heterocycles. The molecule has 2 aliphatic carbocycles. The van der Waals surface area contributed by atoms with E-state index in [4.69, 9.17) is 14.2 Å². The third-order valence-corrected chi connectivity index (χ3v) is 6.06. The van der Waals surface area contributed by atoms with Gasteiger partial charge in [0.1, 0.15) is 11.9 Å². The van der Waals surface area contributed by atoms with E-state index in [0.29, 0.717) is 19.0 Å². The van der Waals surface area contributed by atoms with Gasteiger partial charge in [0.25, 0.3) is 0 Å². The van der Waals surface area contributed by atoms with Gasteiger partial charge in [-0.2, -0.15) is 0 Å². The summed E-state index contributed by atoms with van der Waals surface area (Å²) in [5.74, 6) is 0.0537. The van der Waals surface area contributed by atoms with Gasteiger partial charge in [-0.05, 0) is 29.7 Å². The highest BCUT2D eigenvalue weighted by Gasteiger charge is 2.61. The van der Waals surface area contributed by atoms with E-state index >= 15 is 0 Å². The van der Waals surface area contributed by atoms with Crippen LogP contribution in [0.1, 0.15) is 30.9 Å². The lowest BCUT2D eigenvalue weighted by Crippen LogP contribution is -2.53. The molecule has 3 unspecified atom stereocenters. The Morgan fingerprint density at radius 1 is 1.18 bits per heavy atom. The van der Waals surface area contributed by atoms with Gasteiger partial charge in [-0.15, -0.1) is 0 Å². The minimum Gasteiger partial charge on any atom is -0.508 e. The zero-order valence-corrected chi connectivity index (χ0v) is 12.7. The maximum atomic E-state index is 9.95. The van der Waals surface area contributed by atoms with E-state index < -0.39 is 5.79 Å². The predicted molar refractivity (Wildman–Crippen MR) is 79.5 cm³/mol. The van der Waals surface area contributed by atoms with Crippen molar-refractivity contribution in [1.82, 2.24) is 0 Å². The number of ether oxygens (including phenoxy) is 3. The lowest BCUT2D eigenvalue weighted by atomic mass is 9.55. The van der Waals surface area contributed by atoms with E-state index in [1.54, 1.807) is 6.07 Å². The quantitative estimate of drug-likeness (QED) is 0.800. The summed E-state index contributed by atoms with van der Waals surface area (Å²) in [6, 6.07) is 5.76. The first-order valence-electron chi connectivity index (χ1n) is 8.09. The molecule has 116 valence electrons. The molecule has 1 saturated carbocycles. The average molecular weight is 300 g/mol. The third-order valence-electron chi connectivity index (χ3n) is 6.06. The molecule has 0 amide bonds. The number of benzene rings is 1. The zero-order valence-electron chi connectivity index (χ0n) is 12.7. The predicted octanol–water partition coefficient (Wildman–Crippen LogP) is 2.64. The van der Waals surface area contributed by atoms with Crippen molar-refractivity contribution in [3.8, 4) is 5.75 Å². The Kier molecular flexibility index (Phi) is 2.39. The van der Waals surface area contributed by atoms with Crippen LogP contribution in [0.25, 0.3) is 0 Å². The molecule has 4 heteroatoms. The molecule has 2 heterocycles. The van der Waals surface area contributed by atoms with Crippen LogP contribution in [-0.2, 0) is 26.0 Å². The SMILES string of the molecule is CC12CCC3(OCCO3)C3=COC(Cc4ccc(O)cc41)C32. The highest BCUT2D eigenvalue weighted by atomic mass is 16.7. The van der Waals surface area contributed by atoms with Gasteiger partial charge in [0.2, 0.25) is 0 Å². The number of aromatic hydroxyl groups is 1. The summed E-state index contributed by atoms with van der Waals surface area (Å²) < 4.78 is 18.0. The fourth-order valence-electron chi connectivity index (χ4n) is 5.04. The fraction of sp³-hybridized carbons (Fsp3) is 0.556. The van der Waals surface area contributed by atoms with Crippen LogP contribution < -0.4 is 0 Å². The number of hydrogen-bond donors (Lipinski definition) is 1. The molecule has 22 heavy (non-hydrogen) atoms. The van der Waals surface area contributed by atoms with Crippen LogP contribution in [0.2, 0.25) is 0 Å². The van der Waals surface area contributed by atoms with Gasteiger partial charge in [-0.25, -0.2) is 0 Å². The van der Waals surface area contributed by atoms with Crippen molar-refractivity contribution in [2.45, 2.75) is 43.5 Å². The van der Waals surface area contributed by atoms with Crippen molar-refractivity contribution in [2.75, 3.05) is 13.2 Å². The van der Waals surface area contributed by atoms with Crippen LogP contribution in [0.4, 0.5) is 0 Å². The molecule has 4 nitrogen and oxygen atoms in total. The van der Waals surface area contributed by atoms with Gasteiger partial charge in [-0.3, -0.25) is 0 Å². The molecule has 4 aliphatic rings. The molecule has 1 spiro atoms. The maximum Gasteiger partial charge on any atom is 0.194 e. The van der Waals surface area contributed by atoms with Crippen molar-refractivity contribution < 1.29 is 19.3 Å². The Hall–Kier alpha value is -1.52. The number of rotatable bonds is 0. The first-order valence-corrected chi connectivity index (χ1v) is 8.09. The van der Waals surface area contributed by atoms with Crippen molar-refractivity contribution in [3.63, 3.8) is 0 Å². The normalized spacial score (nSPS) is 37.4. The number of phenolic OH excluding ortho intramolecular Hbond substituents is 1. The summed E-state index contributed by atoms with van der Waals surface area (Å²) in [7, 11) is 0. The van der Waals surface area contributed by atoms with Crippen molar-refractivity contribution >= 4 is 0 Å². The first-order chi connectivity index (χ1) is 10.6. The minimum absolute atomic E-state index is 0.0279. The first kappa shape index (κ1) is 13.0. The average Bonchev–Trinajstić information content (AvgIpc) is 3.14. The molecule has 0 bridgehead atoms. The molecule has 1 aromatic rings. The highest BCUT2D eigenvalue weighted by molar-refractivity contribution is 5.48. The Balaban J connectivity index is 1.66. The molecule has 1 N–H and O–H groups in total. The second-order valence-corrected chi connectivity index (χ2v) is 7.14. The van der Waals surface area contributed by atoms with E-state index in [1.807, 2.05) is 18.4 Å². The van der Waals surface area contributed by atoms with E-state index in [2.05, 4.69) is 6.92 Å². The molecule has 1 aromatic carbocycles. The summed E-state index contributed by atoms with van der Waals surface area (Å²) in [4.78, 5) is 0. The van der Waals surface area contributed by atoms with Crippen LogP contribution in [0.5, 0.6) is 5.75 Å². The molecule has 0 radical (unpaired) electrons. The summed E-state index contributed by atoms with van der Waals surface area (Å²) >= 11 is 0. The molecule has 2 fully saturated rings. The van der Waals surface area contributed by atoms with Crippen LogP contribution in [0.3, 0.4) is 0 Å². The van der Waals surface area contributed by atoms with E-state index in [9.17, 15) is 5.11 Å². The lowest BCUT2D eigenvalue weighted by Gasteiger charge is -2.51. The van der Waals surface area contributed by atoms with E-state index in [0.717, 1.165) is 24.8 Å². The molecule has 5 rings (SSSR count). The van der Waals surface area contributed by atoms with Gasteiger partial charge in [0, 0.05) is 29.7 Å². The van der Waals surface area contributed by atoms with E-state index in [1.165, 1.54) is 11.1 Å². The van der Waals surface area contributed by atoms with Crippen molar-refractivity contribution in [1.29, 1.82) is 0 Å². The second kappa shape index (κ2) is 4.06. The highest BCUT2D eigenvalue weighted by Crippen LogP contribution is 2.59. The minimum atomic E-state index is -0.562. The van der Waals surface area contributed by atoms with Gasteiger partial charge in [0.05, 0.1) is 19.5 Å². The number of fused-ring (bicyclic) bond motifs is 3. The summed E-state index contributed by atoms with van der Waals surface area (Å²) in [6.45, 7) is 3.61. The standard InChI is InChI=1S/C18H20O4/c1-17-4-5-18(21-6-7-22-18)14-10-20-15(16(14)17)8-11-2-3-12(19)9-13(11)17/h2-3,9-10,15-16,19H,4-8H2,1H3. The molecule has 0 aromatic heterocycles. The Labute approximate surface area is 129 Å². The molecular formula is C18H20O4. The lowest BCUT2D eigenvalue weighted by molar-refractivity contribution is -0.157. The Morgan fingerprint density at radius 3 is 2.82 bits per heavy atom. The second-order valence-electron chi connectivity index (χ2n) is 7.14. The van der Waals surface area contributed by atoms with Crippen molar-refractivity contribution in [2.24, 2.45) is 5.92 Å². The van der Waals surface area contributed by atoms with Crippen LogP contribution >= 0.6 is 0 Å². The van der Waals surface area contributed by atoms with Gasteiger partial charge >= 0.3 is 0 Å². The summed E-state index contributed by atoms with van der Waals surface area (Å²) in [5, 5.41) is 9.95. The van der Waals surface area contributed by atoms with Gasteiger partial charge in [-0.1, -0.05) is 13.0 Å². The Bertz CT molecular complexity index is 674. The van der Waals surface area contributed by atoms with E-state index in [-0.39, 0.29) is 17.4 Å². The number of phenols is 1.